The van der Waals surface area contributed by atoms with Gasteiger partial charge in [0.05, 0.1) is 18.1 Å². The Morgan fingerprint density at radius 2 is 1.91 bits per heavy atom. The van der Waals surface area contributed by atoms with Gasteiger partial charge in [-0.15, -0.1) is 0 Å². The molecule has 2 aromatic heterocycles. The number of rotatable bonds is 2. The molecule has 2 aromatic rings. The molecule has 2 rings (SSSR count). The zero-order valence-corrected chi connectivity index (χ0v) is 12.0. The summed E-state index contributed by atoms with van der Waals surface area (Å²) in [6.45, 7) is 0. The first-order valence-corrected chi connectivity index (χ1v) is 6.22. The summed E-state index contributed by atoms with van der Waals surface area (Å²) >= 11 is 0. The van der Waals surface area contributed by atoms with Crippen LogP contribution >= 0.6 is 0 Å². The highest BCUT2D eigenvalue weighted by atomic mass is 19.4. The van der Waals surface area contributed by atoms with Crippen LogP contribution in [0.3, 0.4) is 0 Å². The molecule has 2 amide bonds. The van der Waals surface area contributed by atoms with Crippen LogP contribution in [0.1, 0.15) is 5.69 Å². The van der Waals surface area contributed by atoms with Crippen LogP contribution in [-0.2, 0) is 6.18 Å². The summed E-state index contributed by atoms with van der Waals surface area (Å²) in [5, 5.41) is 2.06. The monoisotopic (exact) mass is 329 g/mol. The van der Waals surface area contributed by atoms with E-state index in [9.17, 15) is 22.4 Å². The van der Waals surface area contributed by atoms with Gasteiger partial charge in [0.1, 0.15) is 5.82 Å². The molecular weight excluding hydrogens is 318 g/mol. The molecule has 0 fully saturated rings. The number of hydrogen-bond donors (Lipinski definition) is 1. The quantitative estimate of drug-likeness (QED) is 0.860. The number of anilines is 1. The van der Waals surface area contributed by atoms with Crippen LogP contribution in [0.2, 0.25) is 0 Å². The number of hydrogen-bond acceptors (Lipinski definition) is 4. The molecule has 0 atom stereocenters. The predicted molar refractivity (Wildman–Crippen MR) is 72.9 cm³/mol. The molecule has 0 aliphatic carbocycles. The molecule has 0 saturated carbocycles. The van der Waals surface area contributed by atoms with Gasteiger partial charge in [-0.3, -0.25) is 4.98 Å². The highest BCUT2D eigenvalue weighted by Gasteiger charge is 2.37. The molecular formula is C13H11F4N5O. The highest BCUT2D eigenvalue weighted by molar-refractivity contribution is 5.89. The van der Waals surface area contributed by atoms with Crippen LogP contribution in [0, 0.1) is 5.82 Å². The van der Waals surface area contributed by atoms with E-state index in [1.165, 1.54) is 14.1 Å². The number of carbonyl (C=O) groups is 1. The Balaban J connectivity index is 2.48. The standard InChI is InChI=1S/C13H11F4N5O/c1-22(2)12(23)20-9-6-19-11(21-10(9)13(15,16)17)7-3-8(14)5-18-4-7/h3-6H,1-2H3,(H,20,23). The number of carbonyl (C=O) groups excluding carboxylic acids is 1. The van der Waals surface area contributed by atoms with Gasteiger partial charge in [0.15, 0.2) is 11.5 Å². The molecule has 10 heteroatoms. The van der Waals surface area contributed by atoms with Crippen molar-refractivity contribution >= 4 is 11.7 Å². The van der Waals surface area contributed by atoms with E-state index < -0.39 is 29.4 Å². The summed E-state index contributed by atoms with van der Waals surface area (Å²) in [7, 11) is 2.74. The average Bonchev–Trinajstić information content (AvgIpc) is 2.46. The minimum absolute atomic E-state index is 0.0130. The zero-order chi connectivity index (χ0) is 17.2. The van der Waals surface area contributed by atoms with E-state index in [4.69, 9.17) is 0 Å². The van der Waals surface area contributed by atoms with Crippen molar-refractivity contribution in [3.63, 3.8) is 0 Å². The number of alkyl halides is 3. The first kappa shape index (κ1) is 16.6. The molecule has 2 heterocycles. The summed E-state index contributed by atoms with van der Waals surface area (Å²) in [6, 6.07) is 0.194. The summed E-state index contributed by atoms with van der Waals surface area (Å²) in [5.41, 5.74) is -1.94. The van der Waals surface area contributed by atoms with Crippen molar-refractivity contribution in [2.75, 3.05) is 19.4 Å². The smallest absolute Gasteiger partial charge is 0.331 e. The third-order valence-corrected chi connectivity index (χ3v) is 2.67. The van der Waals surface area contributed by atoms with Crippen LogP contribution < -0.4 is 5.32 Å². The third kappa shape index (κ3) is 3.90. The summed E-state index contributed by atoms with van der Waals surface area (Å²) in [5.74, 6) is -1.09. The Bertz CT molecular complexity index is 733. The van der Waals surface area contributed by atoms with Gasteiger partial charge < -0.3 is 10.2 Å². The van der Waals surface area contributed by atoms with Gasteiger partial charge in [0, 0.05) is 25.9 Å². The Hall–Kier alpha value is -2.78. The van der Waals surface area contributed by atoms with Crippen molar-refractivity contribution in [1.82, 2.24) is 19.9 Å². The van der Waals surface area contributed by atoms with E-state index in [1.54, 1.807) is 0 Å². The lowest BCUT2D eigenvalue weighted by Crippen LogP contribution is -2.29. The van der Waals surface area contributed by atoms with Crippen LogP contribution in [0.5, 0.6) is 0 Å². The number of nitrogens with zero attached hydrogens (tertiary/aromatic N) is 4. The number of halogens is 4. The normalized spacial score (nSPS) is 11.2. The topological polar surface area (TPSA) is 71.0 Å². The second kappa shape index (κ2) is 6.15. The Labute approximate surface area is 128 Å². The van der Waals surface area contributed by atoms with E-state index in [1.807, 2.05) is 0 Å². The molecule has 0 radical (unpaired) electrons. The van der Waals surface area contributed by atoms with E-state index in [0.717, 1.165) is 29.6 Å². The van der Waals surface area contributed by atoms with E-state index in [-0.39, 0.29) is 11.4 Å². The van der Waals surface area contributed by atoms with Crippen molar-refractivity contribution in [3.05, 3.63) is 36.2 Å². The van der Waals surface area contributed by atoms with Gasteiger partial charge in [-0.2, -0.15) is 13.2 Å². The fraction of sp³-hybridized carbons (Fsp3) is 0.231. The van der Waals surface area contributed by atoms with Crippen molar-refractivity contribution in [2.45, 2.75) is 6.18 Å². The van der Waals surface area contributed by atoms with Crippen LogP contribution in [0.25, 0.3) is 11.4 Å². The molecule has 1 N–H and O–H groups in total. The van der Waals surface area contributed by atoms with Gasteiger partial charge in [-0.1, -0.05) is 0 Å². The lowest BCUT2D eigenvalue weighted by molar-refractivity contribution is -0.140. The van der Waals surface area contributed by atoms with Crippen molar-refractivity contribution in [1.29, 1.82) is 0 Å². The first-order chi connectivity index (χ1) is 10.7. The molecule has 122 valence electrons. The number of amides is 2. The fourth-order valence-corrected chi connectivity index (χ4v) is 1.59. The van der Waals surface area contributed by atoms with Crippen LogP contribution in [-0.4, -0.2) is 40.0 Å². The molecule has 6 nitrogen and oxygen atoms in total. The molecule has 0 unspecified atom stereocenters. The van der Waals surface area contributed by atoms with Crippen LogP contribution in [0.15, 0.2) is 24.7 Å². The van der Waals surface area contributed by atoms with E-state index in [2.05, 4.69) is 20.3 Å². The Morgan fingerprint density at radius 1 is 1.22 bits per heavy atom. The second-order valence-electron chi connectivity index (χ2n) is 4.67. The molecule has 0 aliphatic rings. The molecule has 0 spiro atoms. The Kier molecular flexibility index (Phi) is 4.43. The van der Waals surface area contributed by atoms with Gasteiger partial charge in [-0.25, -0.2) is 19.2 Å². The lowest BCUT2D eigenvalue weighted by atomic mass is 10.2. The van der Waals surface area contributed by atoms with Crippen molar-refractivity contribution in [2.24, 2.45) is 0 Å². The maximum absolute atomic E-state index is 13.1. The summed E-state index contributed by atoms with van der Waals surface area (Å²) < 4.78 is 52.5. The SMILES string of the molecule is CN(C)C(=O)Nc1cnc(-c2cncc(F)c2)nc1C(F)(F)F. The van der Waals surface area contributed by atoms with E-state index >= 15 is 0 Å². The highest BCUT2D eigenvalue weighted by Crippen LogP contribution is 2.34. The summed E-state index contributed by atoms with van der Waals surface area (Å²) in [6.07, 6.45) is -1.97. The van der Waals surface area contributed by atoms with Gasteiger partial charge in [0.2, 0.25) is 0 Å². The largest absolute Gasteiger partial charge is 0.435 e. The van der Waals surface area contributed by atoms with Crippen molar-refractivity contribution < 1.29 is 22.4 Å². The number of aromatic nitrogens is 3. The van der Waals surface area contributed by atoms with Gasteiger partial charge in [-0.05, 0) is 6.07 Å². The third-order valence-electron chi connectivity index (χ3n) is 2.67. The van der Waals surface area contributed by atoms with Crippen molar-refractivity contribution in [3.8, 4) is 11.4 Å². The molecule has 0 aromatic carbocycles. The number of pyridine rings is 1. The number of nitrogens with one attached hydrogen (secondary N) is 1. The number of urea groups is 1. The molecule has 23 heavy (non-hydrogen) atoms. The second-order valence-corrected chi connectivity index (χ2v) is 4.67. The van der Waals surface area contributed by atoms with Gasteiger partial charge >= 0.3 is 12.2 Å². The molecule has 0 aliphatic heterocycles. The Morgan fingerprint density at radius 3 is 2.48 bits per heavy atom. The average molecular weight is 329 g/mol. The molecule has 0 saturated heterocycles. The molecule has 0 bridgehead atoms. The predicted octanol–water partition coefficient (Wildman–Crippen LogP) is 2.79. The maximum atomic E-state index is 13.1. The lowest BCUT2D eigenvalue weighted by Gasteiger charge is -2.16. The van der Waals surface area contributed by atoms with Gasteiger partial charge in [0.25, 0.3) is 0 Å². The maximum Gasteiger partial charge on any atom is 0.435 e. The zero-order valence-electron chi connectivity index (χ0n) is 12.0. The van der Waals surface area contributed by atoms with Crippen LogP contribution in [0.4, 0.5) is 28.0 Å². The van der Waals surface area contributed by atoms with E-state index in [0.29, 0.717) is 0 Å². The first-order valence-electron chi connectivity index (χ1n) is 6.22. The minimum atomic E-state index is -4.83. The fourth-order valence-electron chi connectivity index (χ4n) is 1.59. The summed E-state index contributed by atoms with van der Waals surface area (Å²) in [4.78, 5) is 23.2. The minimum Gasteiger partial charge on any atom is -0.331 e.